The van der Waals surface area contributed by atoms with Crippen LogP contribution in [0.3, 0.4) is 0 Å². The molecular formula is C49H84O14. The number of ketones is 1. The Bertz CT molecular complexity index is 1570. The van der Waals surface area contributed by atoms with Gasteiger partial charge in [-0.25, -0.2) is 0 Å². The quantitative estimate of drug-likeness (QED) is 0.124. The molecule has 2 heterocycles. The van der Waals surface area contributed by atoms with Gasteiger partial charge in [-0.15, -0.1) is 0 Å². The van der Waals surface area contributed by atoms with Crippen LogP contribution < -0.4 is 0 Å². The van der Waals surface area contributed by atoms with Crippen molar-refractivity contribution in [1.82, 2.24) is 0 Å². The second kappa shape index (κ2) is 19.9. The van der Waals surface area contributed by atoms with Crippen LogP contribution in [0.5, 0.6) is 0 Å². The first kappa shape index (κ1) is 51.3. The smallest absolute Gasteiger partial charge is 0.187 e. The largest absolute Gasteiger partial charge is 0.387 e. The van der Waals surface area contributed by atoms with Crippen molar-refractivity contribution in [3.05, 3.63) is 11.6 Å². The molecule has 14 nitrogen and oxygen atoms in total. The minimum absolute atomic E-state index is 0.0160. The van der Waals surface area contributed by atoms with Crippen molar-refractivity contribution < 1.29 is 67.1 Å². The number of carbonyl (C=O) groups is 1. The molecule has 6 rings (SSSR count). The van der Waals surface area contributed by atoms with Crippen LogP contribution in [0.15, 0.2) is 11.6 Å². The van der Waals surface area contributed by atoms with E-state index in [4.69, 9.17) is 52.1 Å². The SMILES string of the molecule is COC[C@H]1O[C@@H](OC[C@H]2O[C@@H](O[C@H]3CC[C@]4(C)C5=CC[C@]6(C)[C@@H]([C@H](C)C(CC(=O)C(C)(C)OC)OC)CC[C@@]6(C)[C@@H]5CC[C@H]4C3(C)C)[C@H](OC)[C@@H](OC)[C@@H]2OC)[C@H](O)[C@@H](O)[C@@H]1OC. The third kappa shape index (κ3) is 8.92. The van der Waals surface area contributed by atoms with Crippen molar-refractivity contribution >= 4 is 5.78 Å². The number of allylic oxidation sites excluding steroid dienone is 2. The van der Waals surface area contributed by atoms with E-state index in [1.54, 1.807) is 41.1 Å². The van der Waals surface area contributed by atoms with Crippen LogP contribution in [0, 0.1) is 45.3 Å². The summed E-state index contributed by atoms with van der Waals surface area (Å²) >= 11 is 0. The second-order valence-electron chi connectivity index (χ2n) is 21.6. The minimum atomic E-state index is -1.37. The number of hydrogen-bond donors (Lipinski definition) is 2. The highest BCUT2D eigenvalue weighted by molar-refractivity contribution is 5.86. The summed E-state index contributed by atoms with van der Waals surface area (Å²) in [7, 11) is 11.2. The van der Waals surface area contributed by atoms with Gasteiger partial charge in [-0.1, -0.05) is 53.2 Å². The van der Waals surface area contributed by atoms with Crippen molar-refractivity contribution in [2.75, 3.05) is 63.0 Å². The number of ether oxygens (including phenoxy) is 11. The van der Waals surface area contributed by atoms with Gasteiger partial charge in [0.1, 0.15) is 54.4 Å². The molecule has 2 N–H and O–H groups in total. The van der Waals surface area contributed by atoms with E-state index in [9.17, 15) is 15.0 Å². The molecule has 1 unspecified atom stereocenters. The van der Waals surface area contributed by atoms with E-state index in [1.165, 1.54) is 20.6 Å². The van der Waals surface area contributed by atoms with Gasteiger partial charge in [-0.3, -0.25) is 4.79 Å². The molecule has 364 valence electrons. The summed E-state index contributed by atoms with van der Waals surface area (Å²) in [5.74, 6) is 1.61. The second-order valence-corrected chi connectivity index (χ2v) is 21.6. The average molecular weight is 897 g/mol. The topological polar surface area (TPSA) is 159 Å². The van der Waals surface area contributed by atoms with Crippen LogP contribution in [-0.4, -0.2) is 158 Å². The predicted octanol–water partition coefficient (Wildman–Crippen LogP) is 5.91. The molecule has 3 saturated carbocycles. The fourth-order valence-corrected chi connectivity index (χ4v) is 14.0. The Hall–Kier alpha value is -1.11. The molecule has 4 aliphatic carbocycles. The molecule has 6 aliphatic rings. The van der Waals surface area contributed by atoms with E-state index in [1.807, 2.05) is 13.8 Å². The van der Waals surface area contributed by atoms with Crippen LogP contribution in [0.4, 0.5) is 0 Å². The average Bonchev–Trinajstić information content (AvgIpc) is 3.54. The molecule has 0 radical (unpaired) electrons. The number of aliphatic hydroxyl groups excluding tert-OH is 2. The third-order valence-electron chi connectivity index (χ3n) is 18.3. The molecule has 0 aromatic heterocycles. The van der Waals surface area contributed by atoms with Crippen LogP contribution in [-0.2, 0) is 56.9 Å². The lowest BCUT2D eigenvalue weighted by atomic mass is 9.41. The van der Waals surface area contributed by atoms with E-state index < -0.39 is 67.0 Å². The summed E-state index contributed by atoms with van der Waals surface area (Å²) in [6, 6.07) is 0. The zero-order chi connectivity index (χ0) is 46.4. The van der Waals surface area contributed by atoms with Gasteiger partial charge in [-0.2, -0.15) is 0 Å². The zero-order valence-electron chi connectivity index (χ0n) is 41.2. The number of carbonyl (C=O) groups excluding carboxylic acids is 1. The summed E-state index contributed by atoms with van der Waals surface area (Å²) in [6.45, 7) is 18.5. The first-order valence-corrected chi connectivity index (χ1v) is 23.5. The third-order valence-corrected chi connectivity index (χ3v) is 18.3. The molecule has 19 atom stereocenters. The van der Waals surface area contributed by atoms with E-state index in [0.29, 0.717) is 24.2 Å². The summed E-state index contributed by atoms with van der Waals surface area (Å²) < 4.78 is 66.5. The molecule has 0 aromatic rings. The fraction of sp³-hybridized carbons (Fsp3) is 0.939. The fourth-order valence-electron chi connectivity index (χ4n) is 14.0. The van der Waals surface area contributed by atoms with Crippen molar-refractivity contribution in [1.29, 1.82) is 0 Å². The lowest BCUT2D eigenvalue weighted by Gasteiger charge is -2.64. The molecular weight excluding hydrogens is 813 g/mol. The summed E-state index contributed by atoms with van der Waals surface area (Å²) in [6.07, 6.45) is 1.63. The molecule has 14 heteroatoms. The van der Waals surface area contributed by atoms with E-state index >= 15 is 0 Å². The first-order valence-electron chi connectivity index (χ1n) is 23.5. The highest BCUT2D eigenvalue weighted by Crippen LogP contribution is 2.73. The van der Waals surface area contributed by atoms with Gasteiger partial charge in [0.25, 0.3) is 0 Å². The summed E-state index contributed by atoms with van der Waals surface area (Å²) in [5.41, 5.74) is 0.831. The van der Waals surface area contributed by atoms with Crippen molar-refractivity contribution in [3.8, 4) is 0 Å². The predicted molar refractivity (Wildman–Crippen MR) is 235 cm³/mol. The number of Topliss-reactive ketones (excluding diaryl/α,β-unsaturated/α-hetero) is 1. The minimum Gasteiger partial charge on any atom is -0.387 e. The number of aliphatic hydroxyl groups is 2. The maximum Gasteiger partial charge on any atom is 0.187 e. The summed E-state index contributed by atoms with van der Waals surface area (Å²) in [4.78, 5) is 13.3. The Labute approximate surface area is 378 Å². The Morgan fingerprint density at radius 1 is 0.778 bits per heavy atom. The molecule has 5 fully saturated rings. The lowest BCUT2D eigenvalue weighted by Crippen LogP contribution is -2.64. The van der Waals surface area contributed by atoms with E-state index in [-0.39, 0.29) is 58.8 Å². The van der Waals surface area contributed by atoms with Crippen LogP contribution in [0.1, 0.15) is 107 Å². The van der Waals surface area contributed by atoms with Crippen molar-refractivity contribution in [2.24, 2.45) is 45.3 Å². The van der Waals surface area contributed by atoms with Crippen molar-refractivity contribution in [2.45, 2.75) is 186 Å². The van der Waals surface area contributed by atoms with Gasteiger partial charge >= 0.3 is 0 Å². The molecule has 2 aliphatic heterocycles. The van der Waals surface area contributed by atoms with Gasteiger partial charge in [0.2, 0.25) is 0 Å². The monoisotopic (exact) mass is 897 g/mol. The van der Waals surface area contributed by atoms with Gasteiger partial charge < -0.3 is 62.3 Å². The van der Waals surface area contributed by atoms with E-state index in [2.05, 4.69) is 47.6 Å². The standard InChI is InChI=1S/C49H84O14/c1-27(31(54-10)24-35(50)46(4,5)59-15)28-18-22-49(8)30-16-17-34-45(2,3)36(20-21-47(34,6)29(30)19-23-48(28,49)7)63-44-42(58-14)41(57-13)40(56-12)33(62-44)26-60-43-38(52)37(51)39(55-11)32(61-43)25-53-9/h19,27-28,30-34,36-44,51-52H,16-18,20-26H2,1-15H3/t27-,28+,30+,31?,32+,33+,34-,36-,37+,38+,39+,40+,41-,42+,43+,44-,47+,48+,49-/m0/s1. The highest BCUT2D eigenvalue weighted by atomic mass is 16.7. The number of methoxy groups -OCH3 is 7. The van der Waals surface area contributed by atoms with Crippen LogP contribution in [0.25, 0.3) is 0 Å². The Morgan fingerprint density at radius 3 is 2.02 bits per heavy atom. The normalized spacial score (nSPS) is 44.8. The maximum atomic E-state index is 13.3. The van der Waals surface area contributed by atoms with Gasteiger partial charge in [0.15, 0.2) is 18.4 Å². The maximum absolute atomic E-state index is 13.3. The molecule has 0 amide bonds. The van der Waals surface area contributed by atoms with Gasteiger partial charge in [0, 0.05) is 56.2 Å². The number of fused-ring (bicyclic) bond motifs is 5. The Kier molecular flexibility index (Phi) is 16.2. The lowest BCUT2D eigenvalue weighted by molar-refractivity contribution is -0.350. The highest BCUT2D eigenvalue weighted by Gasteiger charge is 2.66. The summed E-state index contributed by atoms with van der Waals surface area (Å²) in [5, 5.41) is 21.8. The Balaban J connectivity index is 1.18. The first-order chi connectivity index (χ1) is 29.7. The number of rotatable bonds is 18. The van der Waals surface area contributed by atoms with Crippen molar-refractivity contribution in [3.63, 3.8) is 0 Å². The van der Waals surface area contributed by atoms with E-state index in [0.717, 1.165) is 38.5 Å². The zero-order valence-corrected chi connectivity index (χ0v) is 41.2. The molecule has 0 aromatic carbocycles. The van der Waals surface area contributed by atoms with Crippen LogP contribution >= 0.6 is 0 Å². The van der Waals surface area contributed by atoms with Crippen LogP contribution in [0.2, 0.25) is 0 Å². The Morgan fingerprint density at radius 2 is 1.41 bits per heavy atom. The molecule has 63 heavy (non-hydrogen) atoms. The number of hydrogen-bond acceptors (Lipinski definition) is 14. The van der Waals surface area contributed by atoms with Gasteiger partial charge in [0.05, 0.1) is 25.4 Å². The molecule has 0 spiro atoms. The molecule has 2 saturated heterocycles. The van der Waals surface area contributed by atoms with Gasteiger partial charge in [-0.05, 0) is 104 Å². The molecule has 0 bridgehead atoms.